The van der Waals surface area contributed by atoms with Crippen LogP contribution in [-0.4, -0.2) is 22.7 Å². The van der Waals surface area contributed by atoms with Gasteiger partial charge in [0.15, 0.2) is 0 Å². The van der Waals surface area contributed by atoms with Gasteiger partial charge in [-0.05, 0) is 74.4 Å². The van der Waals surface area contributed by atoms with Crippen LogP contribution in [0.2, 0.25) is 0 Å². The molecule has 0 aliphatic heterocycles. The zero-order chi connectivity index (χ0) is 17.3. The number of ether oxygens (including phenoxy) is 1. The van der Waals surface area contributed by atoms with Crippen LogP contribution in [0.5, 0.6) is 5.75 Å². The maximum atomic E-state index is 11.7. The standard InChI is InChI=1S/C20H19NO3/c1-4-24-15-7-5-14(6-8-15)18-11-17(20(22)23)16-9-12(2)13(3)10-19(16)21-18/h5-11H,4H2,1-3H3,(H,22,23). The van der Waals surface area contributed by atoms with E-state index in [0.29, 0.717) is 23.2 Å². The Labute approximate surface area is 140 Å². The number of fused-ring (bicyclic) bond motifs is 1. The number of pyridine rings is 1. The van der Waals surface area contributed by atoms with E-state index in [9.17, 15) is 9.90 Å². The predicted molar refractivity (Wildman–Crippen MR) is 94.8 cm³/mol. The Morgan fingerprint density at radius 1 is 1.08 bits per heavy atom. The van der Waals surface area contributed by atoms with Gasteiger partial charge in [-0.1, -0.05) is 0 Å². The zero-order valence-corrected chi connectivity index (χ0v) is 14.0. The van der Waals surface area contributed by atoms with E-state index in [2.05, 4.69) is 4.98 Å². The summed E-state index contributed by atoms with van der Waals surface area (Å²) in [6, 6.07) is 13.0. The molecule has 1 aromatic heterocycles. The highest BCUT2D eigenvalue weighted by Gasteiger charge is 2.14. The lowest BCUT2D eigenvalue weighted by Gasteiger charge is -2.10. The molecular weight excluding hydrogens is 302 g/mol. The summed E-state index contributed by atoms with van der Waals surface area (Å²) in [5.41, 5.74) is 4.62. The van der Waals surface area contributed by atoms with E-state index >= 15 is 0 Å². The monoisotopic (exact) mass is 321 g/mol. The number of carboxylic acids is 1. The van der Waals surface area contributed by atoms with Crippen molar-refractivity contribution in [3.05, 3.63) is 59.2 Å². The van der Waals surface area contributed by atoms with Gasteiger partial charge in [-0.25, -0.2) is 9.78 Å². The van der Waals surface area contributed by atoms with Crippen molar-refractivity contribution in [2.75, 3.05) is 6.61 Å². The minimum absolute atomic E-state index is 0.270. The van der Waals surface area contributed by atoms with Crippen LogP contribution in [0.15, 0.2) is 42.5 Å². The number of hydrogen-bond acceptors (Lipinski definition) is 3. The van der Waals surface area contributed by atoms with E-state index in [1.807, 2.05) is 57.2 Å². The van der Waals surface area contributed by atoms with Crippen LogP contribution in [-0.2, 0) is 0 Å². The smallest absolute Gasteiger partial charge is 0.336 e. The van der Waals surface area contributed by atoms with Crippen LogP contribution in [0.1, 0.15) is 28.4 Å². The summed E-state index contributed by atoms with van der Waals surface area (Å²) in [7, 11) is 0. The highest BCUT2D eigenvalue weighted by Crippen LogP contribution is 2.28. The lowest BCUT2D eigenvalue weighted by molar-refractivity contribution is 0.0699. The summed E-state index contributed by atoms with van der Waals surface area (Å²) in [6.45, 7) is 6.51. The molecule has 0 bridgehead atoms. The molecule has 0 saturated heterocycles. The van der Waals surface area contributed by atoms with Gasteiger partial charge in [-0.15, -0.1) is 0 Å². The molecule has 0 saturated carbocycles. The molecule has 0 amide bonds. The van der Waals surface area contributed by atoms with E-state index in [1.54, 1.807) is 6.07 Å². The first-order valence-corrected chi connectivity index (χ1v) is 7.88. The second-order valence-corrected chi connectivity index (χ2v) is 5.77. The van der Waals surface area contributed by atoms with Crippen molar-refractivity contribution < 1.29 is 14.6 Å². The molecule has 0 unspecified atom stereocenters. The van der Waals surface area contributed by atoms with E-state index < -0.39 is 5.97 Å². The third-order valence-corrected chi connectivity index (χ3v) is 4.12. The molecule has 2 aromatic carbocycles. The van der Waals surface area contributed by atoms with Crippen LogP contribution in [0.4, 0.5) is 0 Å². The Kier molecular flexibility index (Phi) is 4.21. The highest BCUT2D eigenvalue weighted by molar-refractivity contribution is 6.04. The first-order valence-electron chi connectivity index (χ1n) is 7.88. The van der Waals surface area contributed by atoms with Gasteiger partial charge in [-0.3, -0.25) is 0 Å². The fourth-order valence-corrected chi connectivity index (χ4v) is 2.70. The van der Waals surface area contributed by atoms with Crippen LogP contribution >= 0.6 is 0 Å². The molecule has 0 aliphatic rings. The number of carbonyl (C=O) groups is 1. The van der Waals surface area contributed by atoms with Crippen molar-refractivity contribution in [1.29, 1.82) is 0 Å². The molecule has 0 atom stereocenters. The number of carboxylic acid groups (broad SMARTS) is 1. The molecule has 0 aliphatic carbocycles. The summed E-state index contributed by atoms with van der Waals surface area (Å²) in [5, 5.41) is 10.2. The van der Waals surface area contributed by atoms with Crippen LogP contribution in [0.3, 0.4) is 0 Å². The average Bonchev–Trinajstić information content (AvgIpc) is 2.56. The second kappa shape index (κ2) is 6.32. The first-order chi connectivity index (χ1) is 11.5. The normalized spacial score (nSPS) is 10.8. The Balaban J connectivity index is 2.18. The van der Waals surface area contributed by atoms with E-state index in [-0.39, 0.29) is 5.56 Å². The third-order valence-electron chi connectivity index (χ3n) is 4.12. The number of aryl methyl sites for hydroxylation is 2. The lowest BCUT2D eigenvalue weighted by Crippen LogP contribution is -2.01. The maximum Gasteiger partial charge on any atom is 0.336 e. The van der Waals surface area contributed by atoms with Crippen molar-refractivity contribution in [3.8, 4) is 17.0 Å². The highest BCUT2D eigenvalue weighted by atomic mass is 16.5. The Morgan fingerprint density at radius 2 is 1.75 bits per heavy atom. The number of rotatable bonds is 4. The molecule has 4 heteroatoms. The van der Waals surface area contributed by atoms with Crippen LogP contribution in [0.25, 0.3) is 22.2 Å². The molecule has 3 aromatic rings. The molecule has 0 fully saturated rings. The number of nitrogens with zero attached hydrogens (tertiary/aromatic N) is 1. The minimum Gasteiger partial charge on any atom is -0.494 e. The van der Waals surface area contributed by atoms with Gasteiger partial charge < -0.3 is 9.84 Å². The summed E-state index contributed by atoms with van der Waals surface area (Å²) in [4.78, 5) is 16.3. The largest absolute Gasteiger partial charge is 0.494 e. The van der Waals surface area contributed by atoms with Gasteiger partial charge in [0.1, 0.15) is 5.75 Å². The molecular formula is C20H19NO3. The SMILES string of the molecule is CCOc1ccc(-c2cc(C(=O)O)c3cc(C)c(C)cc3n2)cc1. The van der Waals surface area contributed by atoms with Crippen molar-refractivity contribution in [3.63, 3.8) is 0 Å². The number of benzene rings is 2. The first kappa shape index (κ1) is 16.0. The molecule has 4 nitrogen and oxygen atoms in total. The van der Waals surface area contributed by atoms with E-state index in [0.717, 1.165) is 22.4 Å². The summed E-state index contributed by atoms with van der Waals surface area (Å²) in [6.07, 6.45) is 0. The van der Waals surface area contributed by atoms with Gasteiger partial charge in [0.05, 0.1) is 23.4 Å². The Hall–Kier alpha value is -2.88. The quantitative estimate of drug-likeness (QED) is 0.762. The third kappa shape index (κ3) is 2.95. The fourth-order valence-electron chi connectivity index (χ4n) is 2.70. The average molecular weight is 321 g/mol. The van der Waals surface area contributed by atoms with Crippen molar-refractivity contribution in [2.24, 2.45) is 0 Å². The Morgan fingerprint density at radius 3 is 2.38 bits per heavy atom. The van der Waals surface area contributed by atoms with Crippen molar-refractivity contribution in [1.82, 2.24) is 4.98 Å². The molecule has 0 spiro atoms. The van der Waals surface area contributed by atoms with E-state index in [1.165, 1.54) is 0 Å². The van der Waals surface area contributed by atoms with Gasteiger partial charge in [-0.2, -0.15) is 0 Å². The lowest BCUT2D eigenvalue weighted by atomic mass is 10.00. The molecule has 24 heavy (non-hydrogen) atoms. The predicted octanol–water partition coefficient (Wildman–Crippen LogP) is 4.62. The van der Waals surface area contributed by atoms with Gasteiger partial charge in [0.2, 0.25) is 0 Å². The molecule has 3 rings (SSSR count). The van der Waals surface area contributed by atoms with Gasteiger partial charge in [0.25, 0.3) is 0 Å². The molecule has 122 valence electrons. The second-order valence-electron chi connectivity index (χ2n) is 5.77. The molecule has 0 radical (unpaired) electrons. The van der Waals surface area contributed by atoms with Crippen LogP contribution in [0, 0.1) is 13.8 Å². The fraction of sp³-hybridized carbons (Fsp3) is 0.200. The van der Waals surface area contributed by atoms with Gasteiger partial charge >= 0.3 is 5.97 Å². The van der Waals surface area contributed by atoms with Crippen LogP contribution < -0.4 is 4.74 Å². The maximum absolute atomic E-state index is 11.7. The van der Waals surface area contributed by atoms with Gasteiger partial charge in [0, 0.05) is 10.9 Å². The topological polar surface area (TPSA) is 59.4 Å². The summed E-state index contributed by atoms with van der Waals surface area (Å²) < 4.78 is 5.44. The van der Waals surface area contributed by atoms with E-state index in [4.69, 9.17) is 4.74 Å². The number of aromatic nitrogens is 1. The Bertz CT molecular complexity index is 914. The van der Waals surface area contributed by atoms with Crippen molar-refractivity contribution in [2.45, 2.75) is 20.8 Å². The number of aromatic carboxylic acids is 1. The zero-order valence-electron chi connectivity index (χ0n) is 14.0. The summed E-state index contributed by atoms with van der Waals surface area (Å²) >= 11 is 0. The summed E-state index contributed by atoms with van der Waals surface area (Å²) in [5.74, 6) is -0.162. The minimum atomic E-state index is -0.946. The number of hydrogen-bond donors (Lipinski definition) is 1. The van der Waals surface area contributed by atoms with Crippen molar-refractivity contribution >= 4 is 16.9 Å². The molecule has 1 N–H and O–H groups in total. The molecule has 1 heterocycles.